The number of nitrogens with one attached hydrogen (secondary N) is 1. The van der Waals surface area contributed by atoms with Crippen LogP contribution in [-0.2, 0) is 11.3 Å². The quantitative estimate of drug-likeness (QED) is 0.470. The van der Waals surface area contributed by atoms with Crippen LogP contribution >= 0.6 is 0 Å². The number of benzene rings is 3. The molecule has 144 valence electrons. The Morgan fingerprint density at radius 3 is 2.28 bits per heavy atom. The molecule has 5 heteroatoms. The number of fused-ring (bicyclic) bond motifs is 1. The fraction of sp³-hybridized carbons (Fsp3) is 0.125. The van der Waals surface area contributed by atoms with Crippen LogP contribution in [0.15, 0.2) is 78.9 Å². The summed E-state index contributed by atoms with van der Waals surface area (Å²) in [5, 5.41) is 14.3. The monoisotopic (exact) mass is 383 g/mol. The standard InChI is InChI=1S/C24H21N3O2/c1-2-29-24(28)19-14-12-18(13-15-19)22-20-10-6-7-11-21(20)23(27-26-22)25-16-17-8-4-3-5-9-17/h3-15H,2,16H2,1H3,(H,25,27). The number of rotatable bonds is 6. The van der Waals surface area contributed by atoms with E-state index in [9.17, 15) is 4.79 Å². The van der Waals surface area contributed by atoms with Crippen molar-refractivity contribution >= 4 is 22.6 Å². The van der Waals surface area contributed by atoms with E-state index in [1.54, 1.807) is 19.1 Å². The van der Waals surface area contributed by atoms with Crippen molar-refractivity contribution in [2.24, 2.45) is 0 Å². The molecule has 4 aromatic rings. The summed E-state index contributed by atoms with van der Waals surface area (Å²) in [6.45, 7) is 2.82. The molecule has 5 nitrogen and oxygen atoms in total. The molecule has 0 saturated heterocycles. The van der Waals surface area contributed by atoms with Crippen LogP contribution in [0.25, 0.3) is 22.0 Å². The van der Waals surface area contributed by atoms with Crippen LogP contribution in [-0.4, -0.2) is 22.8 Å². The zero-order chi connectivity index (χ0) is 20.1. The summed E-state index contributed by atoms with van der Waals surface area (Å²) < 4.78 is 5.05. The topological polar surface area (TPSA) is 64.1 Å². The van der Waals surface area contributed by atoms with Gasteiger partial charge in [-0.3, -0.25) is 0 Å². The van der Waals surface area contributed by atoms with E-state index < -0.39 is 0 Å². The molecule has 0 atom stereocenters. The third kappa shape index (κ3) is 4.09. The van der Waals surface area contributed by atoms with Crippen molar-refractivity contribution in [3.8, 4) is 11.3 Å². The maximum Gasteiger partial charge on any atom is 0.338 e. The molecule has 0 amide bonds. The van der Waals surface area contributed by atoms with Crippen LogP contribution < -0.4 is 5.32 Å². The molecule has 29 heavy (non-hydrogen) atoms. The third-order valence-electron chi connectivity index (χ3n) is 4.66. The second-order valence-electron chi connectivity index (χ2n) is 6.58. The third-order valence-corrected chi connectivity index (χ3v) is 4.66. The van der Waals surface area contributed by atoms with Crippen molar-refractivity contribution in [2.45, 2.75) is 13.5 Å². The molecule has 0 aliphatic heterocycles. The maximum atomic E-state index is 11.9. The second kappa shape index (κ2) is 8.52. The zero-order valence-corrected chi connectivity index (χ0v) is 16.1. The number of aromatic nitrogens is 2. The summed E-state index contributed by atoms with van der Waals surface area (Å²) >= 11 is 0. The van der Waals surface area contributed by atoms with Crippen molar-refractivity contribution < 1.29 is 9.53 Å². The summed E-state index contributed by atoms with van der Waals surface area (Å²) in [6.07, 6.45) is 0. The van der Waals surface area contributed by atoms with Crippen molar-refractivity contribution in [3.05, 3.63) is 90.0 Å². The lowest BCUT2D eigenvalue weighted by Gasteiger charge is -2.11. The lowest BCUT2D eigenvalue weighted by Crippen LogP contribution is -2.05. The predicted molar refractivity (Wildman–Crippen MR) is 115 cm³/mol. The highest BCUT2D eigenvalue weighted by atomic mass is 16.5. The second-order valence-corrected chi connectivity index (χ2v) is 6.58. The van der Waals surface area contributed by atoms with Crippen LogP contribution in [0.5, 0.6) is 0 Å². The van der Waals surface area contributed by atoms with E-state index >= 15 is 0 Å². The van der Waals surface area contributed by atoms with Gasteiger partial charge in [-0.25, -0.2) is 4.79 Å². The Hall–Kier alpha value is -3.73. The van der Waals surface area contributed by atoms with E-state index in [0.717, 1.165) is 27.8 Å². The fourth-order valence-electron chi connectivity index (χ4n) is 3.21. The van der Waals surface area contributed by atoms with E-state index in [1.165, 1.54) is 5.56 Å². The van der Waals surface area contributed by atoms with E-state index in [1.807, 2.05) is 54.6 Å². The Bertz CT molecular complexity index is 1130. The Labute approximate surface area is 169 Å². The maximum absolute atomic E-state index is 11.9. The van der Waals surface area contributed by atoms with Gasteiger partial charge in [0, 0.05) is 22.9 Å². The Morgan fingerprint density at radius 1 is 0.862 bits per heavy atom. The van der Waals surface area contributed by atoms with Gasteiger partial charge in [0.25, 0.3) is 0 Å². The highest BCUT2D eigenvalue weighted by Crippen LogP contribution is 2.30. The number of carbonyl (C=O) groups is 1. The van der Waals surface area contributed by atoms with Crippen LogP contribution in [0.4, 0.5) is 5.82 Å². The molecule has 0 saturated carbocycles. The average Bonchev–Trinajstić information content (AvgIpc) is 2.78. The molecule has 0 radical (unpaired) electrons. The number of hydrogen-bond donors (Lipinski definition) is 1. The van der Waals surface area contributed by atoms with E-state index in [-0.39, 0.29) is 5.97 Å². The Balaban J connectivity index is 1.65. The Morgan fingerprint density at radius 2 is 1.55 bits per heavy atom. The first-order valence-corrected chi connectivity index (χ1v) is 9.57. The number of ether oxygens (including phenoxy) is 1. The van der Waals surface area contributed by atoms with Gasteiger partial charge < -0.3 is 10.1 Å². The van der Waals surface area contributed by atoms with Gasteiger partial charge in [-0.2, -0.15) is 0 Å². The molecule has 1 heterocycles. The first-order valence-electron chi connectivity index (χ1n) is 9.57. The summed E-state index contributed by atoms with van der Waals surface area (Å²) in [7, 11) is 0. The first kappa shape index (κ1) is 18.6. The minimum Gasteiger partial charge on any atom is -0.462 e. The molecule has 0 fully saturated rings. The van der Waals surface area contributed by atoms with Gasteiger partial charge in [0.2, 0.25) is 0 Å². The van der Waals surface area contributed by atoms with Crippen LogP contribution in [0.3, 0.4) is 0 Å². The van der Waals surface area contributed by atoms with E-state index in [0.29, 0.717) is 18.7 Å². The van der Waals surface area contributed by atoms with Crippen molar-refractivity contribution in [1.29, 1.82) is 0 Å². The molecule has 0 aliphatic rings. The van der Waals surface area contributed by atoms with Gasteiger partial charge in [0.05, 0.1) is 12.2 Å². The molecule has 3 aromatic carbocycles. The van der Waals surface area contributed by atoms with Crippen molar-refractivity contribution in [2.75, 3.05) is 11.9 Å². The smallest absolute Gasteiger partial charge is 0.338 e. The van der Waals surface area contributed by atoms with Gasteiger partial charge >= 0.3 is 5.97 Å². The number of anilines is 1. The summed E-state index contributed by atoms with van der Waals surface area (Å²) in [5.74, 6) is 0.423. The normalized spacial score (nSPS) is 10.7. The summed E-state index contributed by atoms with van der Waals surface area (Å²) in [5.41, 5.74) is 3.38. The largest absolute Gasteiger partial charge is 0.462 e. The molecule has 0 aliphatic carbocycles. The number of hydrogen-bond acceptors (Lipinski definition) is 5. The molecular weight excluding hydrogens is 362 g/mol. The van der Waals surface area contributed by atoms with Crippen molar-refractivity contribution in [3.63, 3.8) is 0 Å². The fourth-order valence-corrected chi connectivity index (χ4v) is 3.21. The minimum absolute atomic E-state index is 0.324. The molecular formula is C24H21N3O2. The van der Waals surface area contributed by atoms with Crippen LogP contribution in [0, 0.1) is 0 Å². The van der Waals surface area contributed by atoms with Crippen LogP contribution in [0.2, 0.25) is 0 Å². The van der Waals surface area contributed by atoms with Gasteiger partial charge in [0.1, 0.15) is 5.69 Å². The molecule has 4 rings (SSSR count). The van der Waals surface area contributed by atoms with Gasteiger partial charge in [-0.05, 0) is 24.6 Å². The highest BCUT2D eigenvalue weighted by Gasteiger charge is 2.12. The lowest BCUT2D eigenvalue weighted by atomic mass is 10.0. The van der Waals surface area contributed by atoms with Crippen molar-refractivity contribution in [1.82, 2.24) is 10.2 Å². The molecule has 0 bridgehead atoms. The Kier molecular flexibility index (Phi) is 5.47. The molecule has 1 aromatic heterocycles. The van der Waals surface area contributed by atoms with E-state index in [4.69, 9.17) is 4.74 Å². The molecule has 1 N–H and O–H groups in total. The van der Waals surface area contributed by atoms with Gasteiger partial charge in [-0.1, -0.05) is 66.7 Å². The predicted octanol–water partition coefficient (Wildman–Crippen LogP) is 5.09. The molecule has 0 unspecified atom stereocenters. The zero-order valence-electron chi connectivity index (χ0n) is 16.1. The number of nitrogens with zero attached hydrogens (tertiary/aromatic N) is 2. The first-order chi connectivity index (χ1) is 14.3. The average molecular weight is 383 g/mol. The summed E-state index contributed by atoms with van der Waals surface area (Å²) in [6, 6.07) is 25.5. The minimum atomic E-state index is -0.324. The van der Waals surface area contributed by atoms with Gasteiger partial charge in [-0.15, -0.1) is 10.2 Å². The van der Waals surface area contributed by atoms with E-state index in [2.05, 4.69) is 27.6 Å². The highest BCUT2D eigenvalue weighted by molar-refractivity contribution is 6.00. The summed E-state index contributed by atoms with van der Waals surface area (Å²) in [4.78, 5) is 11.9. The van der Waals surface area contributed by atoms with Gasteiger partial charge in [0.15, 0.2) is 5.82 Å². The number of esters is 1. The lowest BCUT2D eigenvalue weighted by molar-refractivity contribution is 0.0526. The van der Waals surface area contributed by atoms with Crippen LogP contribution in [0.1, 0.15) is 22.8 Å². The molecule has 0 spiro atoms. The number of carbonyl (C=O) groups excluding carboxylic acids is 1. The SMILES string of the molecule is CCOC(=O)c1ccc(-c2nnc(NCc3ccccc3)c3ccccc23)cc1.